The number of carbonyl (C=O) groups excluding carboxylic acids is 2. The maximum absolute atomic E-state index is 11.9. The Morgan fingerprint density at radius 1 is 0.590 bits per heavy atom. The van der Waals surface area contributed by atoms with Gasteiger partial charge in [-0.05, 0) is 57.1 Å². The Morgan fingerprint density at radius 3 is 1.38 bits per heavy atom. The highest BCUT2D eigenvalue weighted by Crippen LogP contribution is 2.13. The van der Waals surface area contributed by atoms with Crippen molar-refractivity contribution in [3.05, 3.63) is 47.5 Å². The molecule has 1 N–H and O–H groups in total. The summed E-state index contributed by atoms with van der Waals surface area (Å²) >= 11 is 0. The van der Waals surface area contributed by atoms with Gasteiger partial charge in [-0.2, -0.15) is 0 Å². The molecule has 0 aromatic heterocycles. The molecule has 1 rings (SSSR count). The number of ether oxygens (including phenoxy) is 2. The number of hydrogen-bond acceptors (Lipinski definition) is 5. The average Bonchev–Trinajstić information content (AvgIpc) is 2.95. The third kappa shape index (κ3) is 22.4. The van der Waals surface area contributed by atoms with Gasteiger partial charge < -0.3 is 14.6 Å². The zero-order valence-electron chi connectivity index (χ0n) is 25.4. The number of hydrogen-bond donors (Lipinski definition) is 1. The fraction of sp³-hybridized carbons (Fsp3) is 0.706. The highest BCUT2D eigenvalue weighted by molar-refractivity contribution is 6.03. The number of rotatable bonds is 23. The molecule has 0 bridgehead atoms. The van der Waals surface area contributed by atoms with Crippen molar-refractivity contribution >= 4 is 11.9 Å². The molecule has 0 amide bonds. The lowest BCUT2D eigenvalue weighted by Gasteiger charge is -2.09. The Labute approximate surface area is 239 Å². The van der Waals surface area contributed by atoms with Crippen LogP contribution in [0.25, 0.3) is 0 Å². The van der Waals surface area contributed by atoms with Crippen LogP contribution in [0.5, 0.6) is 0 Å². The van der Waals surface area contributed by atoms with Crippen molar-refractivity contribution in [1.29, 1.82) is 0 Å². The lowest BCUT2D eigenvalue weighted by Crippen LogP contribution is -2.14. The largest absolute Gasteiger partial charge is 0.462 e. The van der Waals surface area contributed by atoms with Crippen LogP contribution >= 0.6 is 0 Å². The summed E-state index contributed by atoms with van der Waals surface area (Å²) in [6.45, 7) is 7.42. The molecule has 0 aliphatic carbocycles. The molecular formula is C34H58O5. The number of aliphatic hydroxyl groups is 1. The van der Waals surface area contributed by atoms with Gasteiger partial charge in [-0.1, -0.05) is 116 Å². The molecule has 0 heterocycles. The zero-order valence-corrected chi connectivity index (χ0v) is 25.4. The van der Waals surface area contributed by atoms with Crippen molar-refractivity contribution in [3.8, 4) is 0 Å². The first-order valence-corrected chi connectivity index (χ1v) is 15.8. The Morgan fingerprint density at radius 2 is 0.974 bits per heavy atom. The van der Waals surface area contributed by atoms with Crippen molar-refractivity contribution in [1.82, 2.24) is 0 Å². The van der Waals surface area contributed by atoms with Gasteiger partial charge >= 0.3 is 11.9 Å². The molecule has 0 unspecified atom stereocenters. The summed E-state index contributed by atoms with van der Waals surface area (Å²) < 4.78 is 10.3. The fourth-order valence-electron chi connectivity index (χ4n) is 3.97. The first kappa shape index (κ1) is 36.9. The first-order valence-electron chi connectivity index (χ1n) is 15.8. The van der Waals surface area contributed by atoms with Crippen LogP contribution < -0.4 is 0 Å². The normalized spacial score (nSPS) is 10.8. The lowest BCUT2D eigenvalue weighted by atomic mass is 10.1. The summed E-state index contributed by atoms with van der Waals surface area (Å²) in [7, 11) is 0. The number of benzene rings is 1. The van der Waals surface area contributed by atoms with Crippen molar-refractivity contribution in [2.24, 2.45) is 0 Å². The molecular weight excluding hydrogens is 488 g/mol. The lowest BCUT2D eigenvalue weighted by molar-refractivity contribution is 0.0452. The van der Waals surface area contributed by atoms with Crippen LogP contribution in [0.3, 0.4) is 0 Å². The highest BCUT2D eigenvalue weighted by atomic mass is 16.5. The maximum Gasteiger partial charge on any atom is 0.339 e. The molecule has 0 fully saturated rings. The molecule has 39 heavy (non-hydrogen) atoms. The van der Waals surface area contributed by atoms with E-state index in [0.717, 1.165) is 32.1 Å². The summed E-state index contributed by atoms with van der Waals surface area (Å²) in [6, 6.07) is 6.59. The van der Waals surface area contributed by atoms with Gasteiger partial charge in [0, 0.05) is 6.61 Å². The molecule has 224 valence electrons. The van der Waals surface area contributed by atoms with Gasteiger partial charge in [-0.25, -0.2) is 9.59 Å². The zero-order chi connectivity index (χ0) is 28.8. The minimum atomic E-state index is -0.471. The topological polar surface area (TPSA) is 72.8 Å². The molecule has 5 heteroatoms. The van der Waals surface area contributed by atoms with E-state index in [1.54, 1.807) is 24.3 Å². The van der Waals surface area contributed by atoms with E-state index in [2.05, 4.69) is 19.1 Å². The number of carbonyl (C=O) groups is 2. The van der Waals surface area contributed by atoms with E-state index >= 15 is 0 Å². The molecule has 0 aliphatic heterocycles. The van der Waals surface area contributed by atoms with Crippen LogP contribution in [0, 0.1) is 0 Å². The second kappa shape index (κ2) is 28.9. The Hall–Kier alpha value is -2.14. The fourth-order valence-corrected chi connectivity index (χ4v) is 3.97. The smallest absolute Gasteiger partial charge is 0.339 e. The van der Waals surface area contributed by atoms with Gasteiger partial charge in [-0.15, -0.1) is 0 Å². The quantitative estimate of drug-likeness (QED) is 0.0840. The number of aliphatic hydroxyl groups excluding tert-OH is 1. The van der Waals surface area contributed by atoms with Gasteiger partial charge in [-0.3, -0.25) is 0 Å². The SMILES string of the molecule is CCCCCCCC/C=C\CCCCCCCCO.CCCCOC(=O)c1ccccc1C(=O)OCCCC. The average molecular weight is 547 g/mol. The standard InChI is InChI=1S/C18H36O.C16H22O4/c1-2-3-4-5-6-7-8-9-10-11-12-13-14-15-16-17-18-19;1-3-5-11-19-15(17)13-9-7-8-10-14(13)16(18)20-12-6-4-2/h9-10,19H,2-8,11-18H2,1H3;7-10H,3-6,11-12H2,1-2H3/b10-9-;. The third-order valence-corrected chi connectivity index (χ3v) is 6.50. The van der Waals surface area contributed by atoms with Crippen molar-refractivity contribution in [2.45, 2.75) is 136 Å². The van der Waals surface area contributed by atoms with Gasteiger partial charge in [0.1, 0.15) is 0 Å². The van der Waals surface area contributed by atoms with E-state index in [-0.39, 0.29) is 11.1 Å². The predicted octanol–water partition coefficient (Wildman–Crippen LogP) is 9.62. The van der Waals surface area contributed by atoms with Crippen LogP contribution in [0.4, 0.5) is 0 Å². The van der Waals surface area contributed by atoms with E-state index in [4.69, 9.17) is 14.6 Å². The highest BCUT2D eigenvalue weighted by Gasteiger charge is 2.18. The van der Waals surface area contributed by atoms with E-state index in [9.17, 15) is 9.59 Å². The Balaban J connectivity index is 0.000000742. The van der Waals surface area contributed by atoms with Crippen molar-refractivity contribution in [3.63, 3.8) is 0 Å². The summed E-state index contributed by atoms with van der Waals surface area (Å²) in [5, 5.41) is 8.66. The van der Waals surface area contributed by atoms with E-state index in [1.807, 2.05) is 13.8 Å². The number of esters is 2. The van der Waals surface area contributed by atoms with Crippen LogP contribution in [0.1, 0.15) is 157 Å². The molecule has 1 aromatic carbocycles. The molecule has 0 spiro atoms. The minimum absolute atomic E-state index is 0.269. The van der Waals surface area contributed by atoms with Gasteiger partial charge in [0.2, 0.25) is 0 Å². The van der Waals surface area contributed by atoms with Crippen LogP contribution in [0.2, 0.25) is 0 Å². The maximum atomic E-state index is 11.9. The van der Waals surface area contributed by atoms with Crippen LogP contribution in [0.15, 0.2) is 36.4 Å². The molecule has 0 aliphatic rings. The van der Waals surface area contributed by atoms with Crippen LogP contribution in [-0.4, -0.2) is 36.9 Å². The Bertz CT molecular complexity index is 687. The Kier molecular flexibility index (Phi) is 27.3. The molecule has 0 radical (unpaired) electrons. The summed E-state index contributed by atoms with van der Waals surface area (Å²) in [5.74, 6) is -0.942. The van der Waals surface area contributed by atoms with Crippen LogP contribution in [-0.2, 0) is 9.47 Å². The van der Waals surface area contributed by atoms with Gasteiger partial charge in [0.25, 0.3) is 0 Å². The summed E-state index contributed by atoms with van der Waals surface area (Å²) in [6.07, 6.45) is 26.7. The van der Waals surface area contributed by atoms with E-state index < -0.39 is 11.9 Å². The molecule has 1 aromatic rings. The van der Waals surface area contributed by atoms with Crippen molar-refractivity contribution in [2.75, 3.05) is 19.8 Å². The second-order valence-corrected chi connectivity index (χ2v) is 10.2. The van der Waals surface area contributed by atoms with Gasteiger partial charge in [0.15, 0.2) is 0 Å². The number of unbranched alkanes of at least 4 members (excludes halogenated alkanes) is 14. The van der Waals surface area contributed by atoms with E-state index in [0.29, 0.717) is 19.8 Å². The first-order chi connectivity index (χ1) is 19.1. The molecule has 0 atom stereocenters. The third-order valence-electron chi connectivity index (χ3n) is 6.50. The summed E-state index contributed by atoms with van der Waals surface area (Å²) in [4.78, 5) is 23.9. The second-order valence-electron chi connectivity index (χ2n) is 10.2. The molecule has 0 saturated heterocycles. The summed E-state index contributed by atoms with van der Waals surface area (Å²) in [5.41, 5.74) is 0.537. The predicted molar refractivity (Wildman–Crippen MR) is 163 cm³/mol. The van der Waals surface area contributed by atoms with Crippen molar-refractivity contribution < 1.29 is 24.2 Å². The molecule has 0 saturated carbocycles. The number of allylic oxidation sites excluding steroid dienone is 2. The molecule has 5 nitrogen and oxygen atoms in total. The monoisotopic (exact) mass is 546 g/mol. The van der Waals surface area contributed by atoms with E-state index in [1.165, 1.54) is 83.5 Å². The minimum Gasteiger partial charge on any atom is -0.462 e. The van der Waals surface area contributed by atoms with Gasteiger partial charge in [0.05, 0.1) is 24.3 Å².